The Morgan fingerprint density at radius 1 is 1.35 bits per heavy atom. The number of methoxy groups -OCH3 is 1. The van der Waals surface area contributed by atoms with Crippen LogP contribution in [0, 0.1) is 11.6 Å². The molecule has 2 nitrogen and oxygen atoms in total. The molecule has 96 valence electrons. The van der Waals surface area contributed by atoms with Crippen LogP contribution in [-0.4, -0.2) is 12.7 Å². The fraction of sp³-hybridized carbons (Fsp3) is 0.538. The summed E-state index contributed by atoms with van der Waals surface area (Å²) in [7, 11) is 1.62. The van der Waals surface area contributed by atoms with Gasteiger partial charge in [-0.2, -0.15) is 0 Å². The van der Waals surface area contributed by atoms with Crippen LogP contribution in [0.4, 0.5) is 8.78 Å². The van der Waals surface area contributed by atoms with E-state index in [1.807, 2.05) is 13.8 Å². The van der Waals surface area contributed by atoms with Gasteiger partial charge in [0, 0.05) is 18.7 Å². The van der Waals surface area contributed by atoms with Crippen LogP contribution in [0.5, 0.6) is 0 Å². The number of halogens is 2. The van der Waals surface area contributed by atoms with Crippen LogP contribution in [0.1, 0.15) is 38.3 Å². The van der Waals surface area contributed by atoms with Gasteiger partial charge in [0.25, 0.3) is 0 Å². The SMILES string of the molecule is COC(C)(C)CCC(N)c1cc(F)ccc1F. The van der Waals surface area contributed by atoms with E-state index in [4.69, 9.17) is 10.5 Å². The molecule has 0 saturated carbocycles. The fourth-order valence-electron chi connectivity index (χ4n) is 1.56. The second kappa shape index (κ2) is 5.56. The maximum absolute atomic E-state index is 13.4. The predicted molar refractivity (Wildman–Crippen MR) is 63.6 cm³/mol. The average Bonchev–Trinajstić information content (AvgIpc) is 2.29. The normalized spacial score (nSPS) is 13.8. The summed E-state index contributed by atoms with van der Waals surface area (Å²) in [4.78, 5) is 0. The largest absolute Gasteiger partial charge is 0.379 e. The molecule has 0 fully saturated rings. The van der Waals surface area contributed by atoms with Gasteiger partial charge in [-0.15, -0.1) is 0 Å². The zero-order valence-electron chi connectivity index (χ0n) is 10.5. The summed E-state index contributed by atoms with van der Waals surface area (Å²) < 4.78 is 31.7. The fourth-order valence-corrected chi connectivity index (χ4v) is 1.56. The molecule has 1 unspecified atom stereocenters. The summed E-state index contributed by atoms with van der Waals surface area (Å²) in [6, 6.07) is 2.83. The molecule has 0 aliphatic carbocycles. The highest BCUT2D eigenvalue weighted by Crippen LogP contribution is 2.24. The third-order valence-electron chi connectivity index (χ3n) is 2.97. The van der Waals surface area contributed by atoms with Gasteiger partial charge in [0.2, 0.25) is 0 Å². The summed E-state index contributed by atoms with van der Waals surface area (Å²) in [5.74, 6) is -0.933. The molecule has 2 N–H and O–H groups in total. The van der Waals surface area contributed by atoms with Gasteiger partial charge in [0.1, 0.15) is 11.6 Å². The van der Waals surface area contributed by atoms with Crippen molar-refractivity contribution >= 4 is 0 Å². The quantitative estimate of drug-likeness (QED) is 0.862. The van der Waals surface area contributed by atoms with Crippen molar-refractivity contribution in [2.24, 2.45) is 5.73 Å². The summed E-state index contributed by atoms with van der Waals surface area (Å²) in [6.45, 7) is 3.86. The number of rotatable bonds is 5. The summed E-state index contributed by atoms with van der Waals surface area (Å²) in [5, 5.41) is 0. The molecule has 0 saturated heterocycles. The first-order valence-corrected chi connectivity index (χ1v) is 5.61. The van der Waals surface area contributed by atoms with Crippen molar-refractivity contribution in [2.45, 2.75) is 38.3 Å². The second-order valence-corrected chi connectivity index (χ2v) is 4.77. The molecule has 0 aromatic heterocycles. The highest BCUT2D eigenvalue weighted by Gasteiger charge is 2.20. The lowest BCUT2D eigenvalue weighted by atomic mass is 9.95. The van der Waals surface area contributed by atoms with E-state index in [1.54, 1.807) is 7.11 Å². The van der Waals surface area contributed by atoms with E-state index in [-0.39, 0.29) is 11.2 Å². The standard InChI is InChI=1S/C13H19F2NO/c1-13(2,17-3)7-6-12(16)10-8-9(14)4-5-11(10)15/h4-5,8,12H,6-7,16H2,1-3H3. The minimum atomic E-state index is -0.514. The van der Waals surface area contributed by atoms with Crippen molar-refractivity contribution in [3.63, 3.8) is 0 Å². The first kappa shape index (κ1) is 14.1. The predicted octanol–water partition coefficient (Wildman–Crippen LogP) is 3.17. The molecule has 1 aromatic rings. The van der Waals surface area contributed by atoms with Gasteiger partial charge in [-0.1, -0.05) is 0 Å². The molecule has 0 aliphatic heterocycles. The molecule has 0 radical (unpaired) electrons. The Bertz CT molecular complexity index is 380. The molecular formula is C13H19F2NO. The molecule has 17 heavy (non-hydrogen) atoms. The number of hydrogen-bond acceptors (Lipinski definition) is 2. The van der Waals surface area contributed by atoms with Gasteiger partial charge < -0.3 is 10.5 Å². The Morgan fingerprint density at radius 2 is 2.00 bits per heavy atom. The van der Waals surface area contributed by atoms with E-state index >= 15 is 0 Å². The Balaban J connectivity index is 2.70. The van der Waals surface area contributed by atoms with Crippen LogP contribution in [0.2, 0.25) is 0 Å². The minimum Gasteiger partial charge on any atom is -0.379 e. The van der Waals surface area contributed by atoms with Crippen LogP contribution >= 0.6 is 0 Å². The molecule has 0 aliphatic rings. The Kier molecular flexibility index (Phi) is 4.60. The molecule has 0 spiro atoms. The summed E-state index contributed by atoms with van der Waals surface area (Å²) in [5.41, 5.74) is 5.78. The molecule has 0 heterocycles. The zero-order chi connectivity index (χ0) is 13.1. The van der Waals surface area contributed by atoms with Crippen molar-refractivity contribution < 1.29 is 13.5 Å². The van der Waals surface area contributed by atoms with E-state index in [1.165, 1.54) is 0 Å². The number of ether oxygens (including phenoxy) is 1. The third-order valence-corrected chi connectivity index (χ3v) is 2.97. The molecule has 1 rings (SSSR count). The Labute approximate surface area is 101 Å². The van der Waals surface area contributed by atoms with Gasteiger partial charge in [-0.3, -0.25) is 0 Å². The monoisotopic (exact) mass is 243 g/mol. The highest BCUT2D eigenvalue weighted by atomic mass is 19.1. The number of benzene rings is 1. The lowest BCUT2D eigenvalue weighted by Gasteiger charge is -2.24. The topological polar surface area (TPSA) is 35.2 Å². The lowest BCUT2D eigenvalue weighted by Crippen LogP contribution is -2.25. The molecule has 0 amide bonds. The van der Waals surface area contributed by atoms with Crippen LogP contribution in [-0.2, 0) is 4.74 Å². The van der Waals surface area contributed by atoms with Crippen LogP contribution in [0.15, 0.2) is 18.2 Å². The Morgan fingerprint density at radius 3 is 2.59 bits per heavy atom. The molecule has 0 bridgehead atoms. The molecule has 4 heteroatoms. The van der Waals surface area contributed by atoms with E-state index in [2.05, 4.69) is 0 Å². The number of nitrogens with two attached hydrogens (primary N) is 1. The van der Waals surface area contributed by atoms with E-state index < -0.39 is 17.7 Å². The molecular weight excluding hydrogens is 224 g/mol. The highest BCUT2D eigenvalue weighted by molar-refractivity contribution is 5.22. The average molecular weight is 243 g/mol. The van der Waals surface area contributed by atoms with Crippen LogP contribution < -0.4 is 5.73 Å². The third kappa shape index (κ3) is 4.06. The van der Waals surface area contributed by atoms with Crippen molar-refractivity contribution in [3.05, 3.63) is 35.4 Å². The van der Waals surface area contributed by atoms with Crippen molar-refractivity contribution in [3.8, 4) is 0 Å². The van der Waals surface area contributed by atoms with Crippen molar-refractivity contribution in [1.82, 2.24) is 0 Å². The van der Waals surface area contributed by atoms with Crippen LogP contribution in [0.25, 0.3) is 0 Å². The van der Waals surface area contributed by atoms with Crippen molar-refractivity contribution in [1.29, 1.82) is 0 Å². The van der Waals surface area contributed by atoms with Gasteiger partial charge >= 0.3 is 0 Å². The van der Waals surface area contributed by atoms with Gasteiger partial charge in [-0.05, 0) is 44.9 Å². The van der Waals surface area contributed by atoms with E-state index in [0.29, 0.717) is 12.8 Å². The van der Waals surface area contributed by atoms with E-state index in [9.17, 15) is 8.78 Å². The second-order valence-electron chi connectivity index (χ2n) is 4.77. The van der Waals surface area contributed by atoms with Crippen molar-refractivity contribution in [2.75, 3.05) is 7.11 Å². The first-order chi connectivity index (χ1) is 7.85. The Hall–Kier alpha value is -1.00. The summed E-state index contributed by atoms with van der Waals surface area (Å²) in [6.07, 6.45) is 1.22. The smallest absolute Gasteiger partial charge is 0.128 e. The first-order valence-electron chi connectivity index (χ1n) is 5.61. The van der Waals surface area contributed by atoms with Crippen LogP contribution in [0.3, 0.4) is 0 Å². The maximum Gasteiger partial charge on any atom is 0.128 e. The van der Waals surface area contributed by atoms with E-state index in [0.717, 1.165) is 18.2 Å². The van der Waals surface area contributed by atoms with Gasteiger partial charge in [0.05, 0.1) is 5.60 Å². The molecule has 1 atom stereocenters. The number of hydrogen-bond donors (Lipinski definition) is 1. The zero-order valence-corrected chi connectivity index (χ0v) is 10.5. The molecule has 1 aromatic carbocycles. The van der Waals surface area contributed by atoms with Gasteiger partial charge in [0.15, 0.2) is 0 Å². The lowest BCUT2D eigenvalue weighted by molar-refractivity contribution is 0.0124. The van der Waals surface area contributed by atoms with Gasteiger partial charge in [-0.25, -0.2) is 8.78 Å². The maximum atomic E-state index is 13.4. The minimum absolute atomic E-state index is 0.219. The summed E-state index contributed by atoms with van der Waals surface area (Å²) >= 11 is 0.